The molecule has 2 fully saturated rings. The summed E-state index contributed by atoms with van der Waals surface area (Å²) in [6, 6.07) is 4.12. The monoisotopic (exact) mass is 926 g/mol. The van der Waals surface area contributed by atoms with E-state index in [-0.39, 0.29) is 46.8 Å². The lowest BCUT2D eigenvalue weighted by Crippen LogP contribution is -2.60. The van der Waals surface area contributed by atoms with E-state index in [1.807, 2.05) is 0 Å². The third-order valence-electron chi connectivity index (χ3n) is 11.1. The molecule has 0 radical (unpaired) electrons. The van der Waals surface area contributed by atoms with E-state index in [4.69, 9.17) is 47.4 Å². The molecule has 4 aliphatic rings. The van der Waals surface area contributed by atoms with Gasteiger partial charge < -0.3 is 93.3 Å². The lowest BCUT2D eigenvalue weighted by Gasteiger charge is -2.42. The van der Waals surface area contributed by atoms with E-state index in [0.717, 1.165) is 26.7 Å². The van der Waals surface area contributed by atoms with Crippen molar-refractivity contribution < 1.29 is 113 Å². The van der Waals surface area contributed by atoms with Gasteiger partial charge in [-0.3, -0.25) is 9.59 Å². The van der Waals surface area contributed by atoms with E-state index in [1.54, 1.807) is 6.92 Å². The Balaban J connectivity index is 1.24. The maximum absolute atomic E-state index is 13.4. The number of phenols is 2. The lowest BCUT2D eigenvalue weighted by atomic mass is 9.86. The van der Waals surface area contributed by atoms with Crippen LogP contribution < -0.4 is 0 Å². The molecule has 0 bridgehead atoms. The summed E-state index contributed by atoms with van der Waals surface area (Å²) in [5.41, 5.74) is 0.611. The van der Waals surface area contributed by atoms with Crippen LogP contribution in [0.15, 0.2) is 65.2 Å². The van der Waals surface area contributed by atoms with Crippen molar-refractivity contribution in [2.75, 3.05) is 34.0 Å². The number of rotatable bonds is 16. The van der Waals surface area contributed by atoms with Crippen LogP contribution >= 0.6 is 0 Å². The highest BCUT2D eigenvalue weighted by Crippen LogP contribution is 2.38. The third-order valence-corrected chi connectivity index (χ3v) is 11.1. The highest BCUT2D eigenvalue weighted by molar-refractivity contribution is 5.91. The van der Waals surface area contributed by atoms with Crippen LogP contribution in [0, 0.1) is 11.8 Å². The van der Waals surface area contributed by atoms with Crippen molar-refractivity contribution in [2.45, 2.75) is 107 Å². The first-order chi connectivity index (χ1) is 31.0. The topological polar surface area (TPSA) is 343 Å². The van der Waals surface area contributed by atoms with Crippen LogP contribution in [0.5, 0.6) is 11.5 Å². The summed E-state index contributed by atoms with van der Waals surface area (Å²) in [7, 11) is 2.20. The molecule has 65 heavy (non-hydrogen) atoms. The number of carbonyl (C=O) groups is 4. The summed E-state index contributed by atoms with van der Waals surface area (Å²) >= 11 is 0. The highest BCUT2D eigenvalue weighted by atomic mass is 16.8. The summed E-state index contributed by atoms with van der Waals surface area (Å²) < 4.78 is 54.6. The molecule has 1 aromatic rings. The standard InChI is InChI=1S/C42H54O23/c1-5-19-21(12-29(46)58-10-9-18-7-8-25(44)26(45)11-18)23(37(54)56-3)15-61-40(19)65-42-36(53)34(51)32(49)28(63-42)17-59-30(47)13-22-20(6-2)39(60-16-24(22)38(55)57-4)64-41-35(52)33(50)31(48)27(14-43)62-41/h5-8,11,15-16,21-22,27-28,31-36,39-45,48-53H,9-10,12-14,17H2,1-4H3/b19-5-,20-6+/t21-,22-,27+,28+,31+,32+,33-,34-,35+,36+,39-,40-,41-,42-/m0/s1. The van der Waals surface area contributed by atoms with Gasteiger partial charge in [0.25, 0.3) is 0 Å². The van der Waals surface area contributed by atoms with Crippen LogP contribution in [-0.4, -0.2) is 178 Å². The minimum Gasteiger partial charge on any atom is -0.504 e. The number of hydrogen-bond donors (Lipinski definition) is 9. The fraction of sp³-hybridized carbons (Fsp3) is 0.571. The minimum atomic E-state index is -1.93. The molecule has 360 valence electrons. The molecule has 1 aromatic carbocycles. The first-order valence-corrected chi connectivity index (χ1v) is 20.3. The number of carbonyl (C=O) groups excluding carboxylic acids is 4. The quantitative estimate of drug-likeness (QED) is 0.0378. The predicted molar refractivity (Wildman–Crippen MR) is 212 cm³/mol. The molecule has 4 aliphatic heterocycles. The summed E-state index contributed by atoms with van der Waals surface area (Å²) in [6.45, 7) is 1.45. The molecule has 0 unspecified atom stereocenters. The Morgan fingerprint density at radius 2 is 1.12 bits per heavy atom. The zero-order valence-corrected chi connectivity index (χ0v) is 35.6. The van der Waals surface area contributed by atoms with Gasteiger partial charge in [-0.25, -0.2) is 9.59 Å². The van der Waals surface area contributed by atoms with E-state index < -0.39 is 136 Å². The van der Waals surface area contributed by atoms with Crippen molar-refractivity contribution >= 4 is 23.9 Å². The average molecular weight is 927 g/mol. The first kappa shape index (κ1) is 50.8. The molecule has 0 saturated carbocycles. The molecule has 23 heteroatoms. The molecule has 0 spiro atoms. The number of methoxy groups -OCH3 is 2. The van der Waals surface area contributed by atoms with Gasteiger partial charge in [0.05, 0.1) is 63.9 Å². The lowest BCUT2D eigenvalue weighted by molar-refractivity contribution is -0.328. The summed E-state index contributed by atoms with van der Waals surface area (Å²) in [5.74, 6) is -6.37. The Morgan fingerprint density at radius 1 is 0.646 bits per heavy atom. The molecule has 14 atom stereocenters. The molecule has 0 amide bonds. The van der Waals surface area contributed by atoms with Gasteiger partial charge in [0, 0.05) is 29.4 Å². The van der Waals surface area contributed by atoms with Gasteiger partial charge in [-0.1, -0.05) is 18.2 Å². The highest BCUT2D eigenvalue weighted by Gasteiger charge is 2.49. The Hall–Kier alpha value is -5.18. The third kappa shape index (κ3) is 11.8. The average Bonchev–Trinajstić information content (AvgIpc) is 3.29. The second kappa shape index (κ2) is 22.8. The molecule has 9 N–H and O–H groups in total. The molecule has 4 heterocycles. The van der Waals surface area contributed by atoms with Crippen molar-refractivity contribution in [3.63, 3.8) is 0 Å². The Bertz CT molecular complexity index is 1980. The van der Waals surface area contributed by atoms with Crippen LogP contribution in [0.25, 0.3) is 0 Å². The fourth-order valence-electron chi connectivity index (χ4n) is 7.47. The van der Waals surface area contributed by atoms with Crippen molar-refractivity contribution in [2.24, 2.45) is 11.8 Å². The molecule has 2 saturated heterocycles. The summed E-state index contributed by atoms with van der Waals surface area (Å²) in [6.07, 6.45) is -16.2. The van der Waals surface area contributed by atoms with Crippen molar-refractivity contribution in [1.29, 1.82) is 0 Å². The molecular weight excluding hydrogens is 872 g/mol. The minimum absolute atomic E-state index is 0.0891. The van der Waals surface area contributed by atoms with E-state index >= 15 is 0 Å². The van der Waals surface area contributed by atoms with E-state index in [9.17, 15) is 65.1 Å². The number of benzene rings is 1. The van der Waals surface area contributed by atoms with Gasteiger partial charge in [0.2, 0.25) is 12.6 Å². The first-order valence-electron chi connectivity index (χ1n) is 20.3. The fourth-order valence-corrected chi connectivity index (χ4v) is 7.47. The number of hydrogen-bond acceptors (Lipinski definition) is 23. The maximum atomic E-state index is 13.4. The van der Waals surface area contributed by atoms with E-state index in [1.165, 1.54) is 37.3 Å². The van der Waals surface area contributed by atoms with Crippen LogP contribution in [0.1, 0.15) is 32.3 Å². The van der Waals surface area contributed by atoms with Crippen molar-refractivity contribution in [3.8, 4) is 11.5 Å². The van der Waals surface area contributed by atoms with Crippen LogP contribution in [0.3, 0.4) is 0 Å². The van der Waals surface area contributed by atoms with Gasteiger partial charge in [-0.05, 0) is 31.5 Å². The van der Waals surface area contributed by atoms with Gasteiger partial charge in [0.1, 0.15) is 55.4 Å². The number of esters is 4. The van der Waals surface area contributed by atoms with E-state index in [2.05, 4.69) is 0 Å². The van der Waals surface area contributed by atoms with Crippen molar-refractivity contribution in [3.05, 3.63) is 70.7 Å². The van der Waals surface area contributed by atoms with Gasteiger partial charge >= 0.3 is 23.9 Å². The van der Waals surface area contributed by atoms with Gasteiger partial charge in [-0.15, -0.1) is 0 Å². The van der Waals surface area contributed by atoms with Crippen LogP contribution in [-0.2, 0) is 73.0 Å². The summed E-state index contributed by atoms with van der Waals surface area (Å²) in [4.78, 5) is 52.1. The predicted octanol–water partition coefficient (Wildman–Crippen LogP) is -1.90. The summed E-state index contributed by atoms with van der Waals surface area (Å²) in [5, 5.41) is 92.4. The van der Waals surface area contributed by atoms with Crippen LogP contribution in [0.2, 0.25) is 0 Å². The zero-order chi connectivity index (χ0) is 47.7. The van der Waals surface area contributed by atoms with E-state index in [0.29, 0.717) is 5.56 Å². The largest absolute Gasteiger partial charge is 0.504 e. The molecule has 0 aliphatic carbocycles. The normalized spacial score (nSPS) is 33.8. The molecule has 23 nitrogen and oxygen atoms in total. The Kier molecular flexibility index (Phi) is 17.8. The molecule has 0 aromatic heterocycles. The number of allylic oxidation sites excluding steroid dienone is 2. The number of ether oxygens (including phenoxy) is 10. The number of phenolic OH excluding ortho intramolecular Hbond substituents is 2. The SMILES string of the molecule is C/C=C1\[C@H](O[C@@H]2O[C@H](COC(=O)C[C@@H]3C(C(=O)OC)=CO[C@@H](O[C@@H]4O[C@H](CO)[C@@H](O)[C@H](O)[C@H]4O)/C3=C/C)[C@@H](O)[C@H](O)[C@H]2O)OC=C(C(=O)OC)[C@H]1CC(=O)OCCc1ccc(O)c(O)c1. The van der Waals surface area contributed by atoms with Crippen molar-refractivity contribution in [1.82, 2.24) is 0 Å². The maximum Gasteiger partial charge on any atom is 0.337 e. The molecule has 5 rings (SSSR count). The smallest absolute Gasteiger partial charge is 0.337 e. The Morgan fingerprint density at radius 3 is 1.58 bits per heavy atom. The van der Waals surface area contributed by atoms with Gasteiger partial charge in [-0.2, -0.15) is 0 Å². The zero-order valence-electron chi connectivity index (χ0n) is 35.6. The second-order valence-corrected chi connectivity index (χ2v) is 15.1. The Labute approximate surface area is 371 Å². The number of aliphatic hydroxyl groups excluding tert-OH is 7. The number of aliphatic hydroxyl groups is 7. The second-order valence-electron chi connectivity index (χ2n) is 15.1. The van der Waals surface area contributed by atoms with Crippen LogP contribution in [0.4, 0.5) is 0 Å². The number of aromatic hydroxyl groups is 2. The molecular formula is C42H54O23. The van der Waals surface area contributed by atoms with Gasteiger partial charge in [0.15, 0.2) is 24.1 Å².